The molecule has 0 radical (unpaired) electrons. The zero-order valence-electron chi connectivity index (χ0n) is 36.4. The Morgan fingerprint density at radius 2 is 1.67 bits per heavy atom. The number of aromatic nitrogens is 2. The SMILES string of the molecule is O=C1CCC(N2Cc3c(NC(=O)CCOCCOCCOCCNCCNC(=O)[C@]4(Cc5cccc(Nc6nccs6)n5)CC[C@@H](Oc5cccc(Cl)c5F)CC4)cccc3C2=O)C(=O)N1. The van der Waals surface area contributed by atoms with E-state index in [9.17, 15) is 28.4 Å². The van der Waals surface area contributed by atoms with Gasteiger partial charge in [-0.05, 0) is 68.5 Å². The summed E-state index contributed by atoms with van der Waals surface area (Å²) in [5, 5.41) is 17.4. The fourth-order valence-electron chi connectivity index (χ4n) is 8.23. The molecule has 2 fully saturated rings. The third-order valence-corrected chi connectivity index (χ3v) is 12.6. The van der Waals surface area contributed by atoms with Crippen molar-refractivity contribution in [2.75, 3.05) is 69.9 Å². The van der Waals surface area contributed by atoms with E-state index in [1.54, 1.807) is 36.5 Å². The average molecular weight is 950 g/mol. The lowest BCUT2D eigenvalue weighted by molar-refractivity contribution is -0.137. The molecule has 66 heavy (non-hydrogen) atoms. The van der Waals surface area contributed by atoms with Crippen molar-refractivity contribution in [3.8, 4) is 5.75 Å². The molecule has 7 rings (SSSR count). The molecule has 0 spiro atoms. The molecule has 1 saturated heterocycles. The molecular weight excluding hydrogens is 895 g/mol. The lowest BCUT2D eigenvalue weighted by Gasteiger charge is -2.39. The largest absolute Gasteiger partial charge is 0.487 e. The van der Waals surface area contributed by atoms with E-state index in [0.717, 1.165) is 10.8 Å². The normalized spacial score (nSPS) is 19.3. The van der Waals surface area contributed by atoms with Crippen LogP contribution in [0.15, 0.2) is 66.2 Å². The predicted molar refractivity (Wildman–Crippen MR) is 244 cm³/mol. The van der Waals surface area contributed by atoms with Crippen LogP contribution in [0.25, 0.3) is 0 Å². The van der Waals surface area contributed by atoms with Gasteiger partial charge in [-0.15, -0.1) is 11.3 Å². The van der Waals surface area contributed by atoms with Gasteiger partial charge in [-0.2, -0.15) is 0 Å². The van der Waals surface area contributed by atoms with Gasteiger partial charge in [0.15, 0.2) is 16.7 Å². The monoisotopic (exact) mass is 948 g/mol. The molecule has 17 nitrogen and oxygen atoms in total. The van der Waals surface area contributed by atoms with Crippen molar-refractivity contribution in [2.45, 2.75) is 70.1 Å². The van der Waals surface area contributed by atoms with Crippen LogP contribution in [-0.2, 0) is 46.4 Å². The van der Waals surface area contributed by atoms with Crippen molar-refractivity contribution in [3.63, 3.8) is 0 Å². The minimum Gasteiger partial charge on any atom is -0.487 e. The summed E-state index contributed by atoms with van der Waals surface area (Å²) in [6.07, 6.45) is 4.57. The predicted octanol–water partition coefficient (Wildman–Crippen LogP) is 5.17. The standard InChI is InChI=1S/C46H54ClFN8O9S/c47-34-6-3-8-37(41(34)48)65-31-12-15-46(16-13-31,28-30-4-1-9-38(52-30)54-45-51-20-27-66-45)44(61)50-18-17-49-19-22-63-24-26-64-25-23-62-21-14-40(58)53-35-7-2-5-32-33(35)29-56(43(32)60)36-10-11-39(57)55-42(36)59/h1-9,20,27,31,36,49H,10-19,21-26,28-29H2,(H,50,61)(H,53,58)(H,51,52,54)(H,55,57,59)/t31-,36?,46-. The molecule has 4 aromatic rings. The van der Waals surface area contributed by atoms with Crippen LogP contribution in [0.4, 0.5) is 21.0 Å². The molecular formula is C46H54ClFN8O9S. The summed E-state index contributed by atoms with van der Waals surface area (Å²) in [7, 11) is 0. The fourth-order valence-corrected chi connectivity index (χ4v) is 8.93. The second-order valence-electron chi connectivity index (χ2n) is 16.2. The highest BCUT2D eigenvalue weighted by Crippen LogP contribution is 2.41. The second-order valence-corrected chi connectivity index (χ2v) is 17.5. The minimum atomic E-state index is -0.737. The van der Waals surface area contributed by atoms with Gasteiger partial charge in [0.05, 0.1) is 62.6 Å². The number of nitrogens with one attached hydrogen (secondary N) is 5. The van der Waals surface area contributed by atoms with Crippen molar-refractivity contribution in [2.24, 2.45) is 5.41 Å². The molecule has 0 bridgehead atoms. The number of rotatable bonds is 24. The third kappa shape index (κ3) is 13.1. The van der Waals surface area contributed by atoms with Gasteiger partial charge >= 0.3 is 0 Å². The Balaban J connectivity index is 0.745. The summed E-state index contributed by atoms with van der Waals surface area (Å²) < 4.78 is 37.5. The number of piperidine rings is 1. The summed E-state index contributed by atoms with van der Waals surface area (Å²) in [6.45, 7) is 3.70. The molecule has 5 N–H and O–H groups in total. The smallest absolute Gasteiger partial charge is 0.255 e. The van der Waals surface area contributed by atoms with Gasteiger partial charge in [0.2, 0.25) is 23.6 Å². The molecule has 20 heteroatoms. The van der Waals surface area contributed by atoms with Crippen LogP contribution in [0, 0.1) is 11.2 Å². The van der Waals surface area contributed by atoms with Crippen LogP contribution in [-0.4, -0.2) is 116 Å². The number of thiazole rings is 1. The first-order chi connectivity index (χ1) is 32.1. The topological polar surface area (TPSA) is 211 Å². The molecule has 2 aliphatic heterocycles. The van der Waals surface area contributed by atoms with E-state index in [0.29, 0.717) is 107 Å². The molecule has 3 aliphatic rings. The van der Waals surface area contributed by atoms with E-state index in [1.807, 2.05) is 23.6 Å². The molecule has 4 heterocycles. The fraction of sp³-hybridized carbons (Fsp3) is 0.457. The Morgan fingerprint density at radius 1 is 0.909 bits per heavy atom. The van der Waals surface area contributed by atoms with Gasteiger partial charge in [-0.25, -0.2) is 14.4 Å². The van der Waals surface area contributed by atoms with Gasteiger partial charge in [0.25, 0.3) is 5.91 Å². The number of pyridine rings is 1. The zero-order valence-corrected chi connectivity index (χ0v) is 38.0. The average Bonchev–Trinajstić information content (AvgIpc) is 3.95. The first-order valence-corrected chi connectivity index (χ1v) is 23.4. The number of fused-ring (bicyclic) bond motifs is 1. The summed E-state index contributed by atoms with van der Waals surface area (Å²) in [4.78, 5) is 74.2. The maximum absolute atomic E-state index is 14.6. The number of amides is 5. The van der Waals surface area contributed by atoms with Crippen molar-refractivity contribution in [1.82, 2.24) is 30.8 Å². The Morgan fingerprint density at radius 3 is 2.44 bits per heavy atom. The minimum absolute atomic E-state index is 0.000366. The summed E-state index contributed by atoms with van der Waals surface area (Å²) in [5.41, 5.74) is 1.59. The number of carbonyl (C=O) groups excluding carboxylic acids is 5. The molecule has 1 saturated carbocycles. The van der Waals surface area contributed by atoms with Crippen LogP contribution in [0.2, 0.25) is 5.02 Å². The number of hydrogen-bond acceptors (Lipinski definition) is 14. The molecule has 5 amide bonds. The van der Waals surface area contributed by atoms with Gasteiger partial charge < -0.3 is 45.1 Å². The Bertz CT molecular complexity index is 2320. The first-order valence-electron chi connectivity index (χ1n) is 22.1. The second kappa shape index (κ2) is 23.7. The van der Waals surface area contributed by atoms with Crippen LogP contribution in [0.5, 0.6) is 5.75 Å². The van der Waals surface area contributed by atoms with Gasteiger partial charge in [-0.1, -0.05) is 29.8 Å². The van der Waals surface area contributed by atoms with Crippen LogP contribution < -0.4 is 31.3 Å². The number of imide groups is 1. The number of hydrogen-bond donors (Lipinski definition) is 5. The first kappa shape index (κ1) is 48.4. The van der Waals surface area contributed by atoms with Crippen molar-refractivity contribution in [1.29, 1.82) is 0 Å². The van der Waals surface area contributed by atoms with Gasteiger partial charge in [0, 0.05) is 73.1 Å². The van der Waals surface area contributed by atoms with Gasteiger partial charge in [0.1, 0.15) is 11.9 Å². The van der Waals surface area contributed by atoms with E-state index in [2.05, 4.69) is 31.6 Å². The molecule has 1 aliphatic carbocycles. The molecule has 1 unspecified atom stereocenters. The van der Waals surface area contributed by atoms with Crippen molar-refractivity contribution in [3.05, 3.63) is 93.8 Å². The molecule has 352 valence electrons. The van der Waals surface area contributed by atoms with Gasteiger partial charge in [-0.3, -0.25) is 29.3 Å². The summed E-state index contributed by atoms with van der Waals surface area (Å²) >= 11 is 7.45. The Labute approximate surface area is 390 Å². The number of ether oxygens (including phenoxy) is 4. The highest BCUT2D eigenvalue weighted by atomic mass is 35.5. The van der Waals surface area contributed by atoms with Crippen molar-refractivity contribution < 1.29 is 47.3 Å². The maximum atomic E-state index is 14.6. The number of benzene rings is 2. The Hall–Kier alpha value is -5.57. The lowest BCUT2D eigenvalue weighted by Crippen LogP contribution is -2.52. The molecule has 1 atom stereocenters. The van der Waals surface area contributed by atoms with E-state index in [4.69, 9.17) is 35.5 Å². The van der Waals surface area contributed by atoms with Crippen LogP contribution in [0.3, 0.4) is 0 Å². The van der Waals surface area contributed by atoms with Crippen LogP contribution >= 0.6 is 22.9 Å². The zero-order chi connectivity index (χ0) is 46.3. The van der Waals surface area contributed by atoms with Crippen LogP contribution in [0.1, 0.15) is 66.6 Å². The quantitative estimate of drug-likeness (QED) is 0.0454. The summed E-state index contributed by atoms with van der Waals surface area (Å²) in [5.74, 6) is -1.33. The number of nitrogens with zero attached hydrogens (tertiary/aromatic N) is 3. The number of halogens is 2. The van der Waals surface area contributed by atoms with E-state index in [1.165, 1.54) is 22.3 Å². The molecule has 2 aromatic heterocycles. The highest BCUT2D eigenvalue weighted by molar-refractivity contribution is 7.13. The number of anilines is 3. The number of carbonyl (C=O) groups is 5. The lowest BCUT2D eigenvalue weighted by atomic mass is 9.69. The van der Waals surface area contributed by atoms with Crippen molar-refractivity contribution >= 4 is 69.1 Å². The van der Waals surface area contributed by atoms with E-state index < -0.39 is 23.2 Å². The third-order valence-electron chi connectivity index (χ3n) is 11.7. The van der Waals surface area contributed by atoms with E-state index >= 15 is 0 Å². The maximum Gasteiger partial charge on any atom is 0.255 e. The highest BCUT2D eigenvalue weighted by Gasteiger charge is 2.43. The molecule has 2 aromatic carbocycles. The van der Waals surface area contributed by atoms with E-state index in [-0.39, 0.29) is 72.9 Å². The Kier molecular flexibility index (Phi) is 17.4. The summed E-state index contributed by atoms with van der Waals surface area (Å²) in [6, 6.07) is 14.7.